The molecule has 0 fully saturated rings. The van der Waals surface area contributed by atoms with E-state index in [0.29, 0.717) is 22.4 Å². The van der Waals surface area contributed by atoms with Crippen LogP contribution in [-0.4, -0.2) is 15.5 Å². The van der Waals surface area contributed by atoms with Crippen molar-refractivity contribution < 1.29 is 4.74 Å². The largest absolute Gasteiger partial charge is 0.471 e. The fraction of sp³-hybridized carbons (Fsp3) is 0.423. The molecule has 3 nitrogen and oxygen atoms in total. The fourth-order valence-corrected chi connectivity index (χ4v) is 4.64. The second-order valence-electron chi connectivity index (χ2n) is 9.26. The molecule has 172 valence electrons. The zero-order valence-electron chi connectivity index (χ0n) is 19.3. The van der Waals surface area contributed by atoms with Gasteiger partial charge in [-0.2, -0.15) is 0 Å². The number of aromatic nitrogens is 1. The number of hydrogen-bond donors (Lipinski definition) is 1. The number of ether oxygens (including phenoxy) is 1. The van der Waals surface area contributed by atoms with E-state index in [2.05, 4.69) is 19.9 Å². The van der Waals surface area contributed by atoms with E-state index in [1.807, 2.05) is 57.2 Å². The van der Waals surface area contributed by atoms with Gasteiger partial charge >= 0.3 is 0 Å². The molecule has 0 amide bonds. The van der Waals surface area contributed by atoms with Gasteiger partial charge in [0, 0.05) is 39.2 Å². The van der Waals surface area contributed by atoms with E-state index in [4.69, 9.17) is 50.3 Å². The van der Waals surface area contributed by atoms with Crippen LogP contribution in [0.1, 0.15) is 71.2 Å². The van der Waals surface area contributed by atoms with Crippen molar-refractivity contribution in [2.75, 3.05) is 0 Å². The summed E-state index contributed by atoms with van der Waals surface area (Å²) in [4.78, 5) is 4.40. The lowest BCUT2D eigenvalue weighted by Crippen LogP contribution is -2.38. The van der Waals surface area contributed by atoms with Crippen LogP contribution in [0.4, 0.5) is 0 Å². The van der Waals surface area contributed by atoms with E-state index in [1.165, 1.54) is 6.42 Å². The number of rotatable bonds is 2. The molecule has 0 saturated carbocycles. The van der Waals surface area contributed by atoms with Crippen molar-refractivity contribution in [1.29, 1.82) is 0 Å². The van der Waals surface area contributed by atoms with Crippen LogP contribution >= 0.6 is 34.8 Å². The predicted molar refractivity (Wildman–Crippen MR) is 138 cm³/mol. The second kappa shape index (κ2) is 9.77. The van der Waals surface area contributed by atoms with E-state index in [0.717, 1.165) is 34.4 Å². The van der Waals surface area contributed by atoms with Gasteiger partial charge in [-0.25, -0.2) is 4.98 Å². The standard InChI is InChI=1S/C23H23Cl3N2O.C3H8/c1-22(2)12-19(27)17-10-16(13-4-6-14(24)7-5-13)20(28-21(17)29-22)15-8-9-23(3,26)11-18(15)25;1-3-2/h4-8,10-11,19H,9,12,27H2,1-3H3;3H2,1-2H3. The first-order chi connectivity index (χ1) is 15.0. The molecule has 32 heavy (non-hydrogen) atoms. The van der Waals surface area contributed by atoms with E-state index in [1.54, 1.807) is 0 Å². The number of nitrogens with zero attached hydrogens (tertiary/aromatic N) is 1. The van der Waals surface area contributed by atoms with Gasteiger partial charge in [0.15, 0.2) is 0 Å². The molecule has 2 N–H and O–H groups in total. The summed E-state index contributed by atoms with van der Waals surface area (Å²) in [5.74, 6) is 0.561. The van der Waals surface area contributed by atoms with E-state index < -0.39 is 4.87 Å². The molecule has 2 heterocycles. The third-order valence-corrected chi connectivity index (χ3v) is 6.13. The molecule has 2 atom stereocenters. The summed E-state index contributed by atoms with van der Waals surface area (Å²) < 4.78 is 6.18. The van der Waals surface area contributed by atoms with Crippen molar-refractivity contribution in [3.05, 3.63) is 63.8 Å². The first-order valence-corrected chi connectivity index (χ1v) is 12.1. The molecule has 1 aromatic carbocycles. The van der Waals surface area contributed by atoms with Gasteiger partial charge in [-0.05, 0) is 57.0 Å². The quantitative estimate of drug-likeness (QED) is 0.428. The Hall–Kier alpha value is -1.52. The van der Waals surface area contributed by atoms with Crippen LogP contribution in [-0.2, 0) is 0 Å². The third kappa shape index (κ3) is 5.69. The predicted octanol–water partition coefficient (Wildman–Crippen LogP) is 8.29. The Bertz CT molecular complexity index is 1040. The van der Waals surface area contributed by atoms with Gasteiger partial charge in [-0.1, -0.05) is 61.7 Å². The summed E-state index contributed by atoms with van der Waals surface area (Å²) in [6.07, 6.45) is 6.53. The number of nitrogens with two attached hydrogens (primary N) is 1. The van der Waals surface area contributed by atoms with E-state index >= 15 is 0 Å². The summed E-state index contributed by atoms with van der Waals surface area (Å²) >= 11 is 19.2. The molecule has 0 spiro atoms. The Morgan fingerprint density at radius 2 is 1.75 bits per heavy atom. The normalized spacial score (nSPS) is 23.7. The number of benzene rings is 1. The molecule has 1 aliphatic carbocycles. The van der Waals surface area contributed by atoms with Crippen LogP contribution < -0.4 is 10.5 Å². The number of allylic oxidation sites excluding steroid dienone is 4. The lowest BCUT2D eigenvalue weighted by atomic mass is 9.87. The summed E-state index contributed by atoms with van der Waals surface area (Å²) in [6.45, 7) is 10.2. The average Bonchev–Trinajstić information content (AvgIpc) is 2.67. The molecule has 1 aromatic heterocycles. The highest BCUT2D eigenvalue weighted by molar-refractivity contribution is 6.38. The summed E-state index contributed by atoms with van der Waals surface area (Å²) in [6, 6.07) is 9.59. The number of halogens is 3. The molecular formula is C26H31Cl3N2O. The molecule has 2 unspecified atom stereocenters. The number of pyridine rings is 1. The Balaban J connectivity index is 0.000000913. The summed E-state index contributed by atoms with van der Waals surface area (Å²) in [5.41, 5.74) is 10.5. The molecule has 0 saturated heterocycles. The maximum atomic E-state index is 6.64. The van der Waals surface area contributed by atoms with Crippen LogP contribution in [0, 0.1) is 0 Å². The molecule has 0 radical (unpaired) electrons. The van der Waals surface area contributed by atoms with Gasteiger partial charge in [0.1, 0.15) is 5.60 Å². The van der Waals surface area contributed by atoms with Crippen molar-refractivity contribution in [2.45, 2.75) is 70.4 Å². The average molecular weight is 494 g/mol. The number of fused-ring (bicyclic) bond motifs is 1. The van der Waals surface area contributed by atoms with Crippen molar-refractivity contribution in [3.8, 4) is 17.0 Å². The van der Waals surface area contributed by atoms with Gasteiger partial charge in [-0.15, -0.1) is 11.6 Å². The topological polar surface area (TPSA) is 48.1 Å². The molecule has 2 aromatic rings. The highest BCUT2D eigenvalue weighted by Crippen LogP contribution is 2.45. The Kier molecular flexibility index (Phi) is 7.66. The van der Waals surface area contributed by atoms with Gasteiger partial charge in [0.25, 0.3) is 0 Å². The van der Waals surface area contributed by atoms with Crippen molar-refractivity contribution >= 4 is 40.4 Å². The summed E-state index contributed by atoms with van der Waals surface area (Å²) in [5, 5.41) is 1.26. The molecule has 0 bridgehead atoms. The van der Waals surface area contributed by atoms with Crippen LogP contribution in [0.5, 0.6) is 5.88 Å². The minimum absolute atomic E-state index is 0.154. The minimum Gasteiger partial charge on any atom is -0.471 e. The lowest BCUT2D eigenvalue weighted by Gasteiger charge is -2.36. The van der Waals surface area contributed by atoms with Gasteiger partial charge in [0.05, 0.1) is 10.6 Å². The number of alkyl halides is 1. The highest BCUT2D eigenvalue weighted by atomic mass is 35.5. The fourth-order valence-electron chi connectivity index (χ4n) is 3.87. The van der Waals surface area contributed by atoms with Crippen LogP contribution in [0.2, 0.25) is 5.02 Å². The van der Waals surface area contributed by atoms with Crippen LogP contribution in [0.15, 0.2) is 47.5 Å². The Morgan fingerprint density at radius 1 is 1.12 bits per heavy atom. The third-order valence-electron chi connectivity index (χ3n) is 5.30. The maximum Gasteiger partial charge on any atom is 0.219 e. The first kappa shape index (κ1) is 25.1. The molecular weight excluding hydrogens is 463 g/mol. The van der Waals surface area contributed by atoms with Gasteiger partial charge in [-0.3, -0.25) is 0 Å². The molecule has 6 heteroatoms. The van der Waals surface area contributed by atoms with Crippen LogP contribution in [0.25, 0.3) is 16.7 Å². The van der Waals surface area contributed by atoms with Gasteiger partial charge in [0.2, 0.25) is 5.88 Å². The van der Waals surface area contributed by atoms with Crippen molar-refractivity contribution in [1.82, 2.24) is 4.98 Å². The lowest BCUT2D eigenvalue weighted by molar-refractivity contribution is 0.0667. The Labute approximate surface area is 206 Å². The van der Waals surface area contributed by atoms with Crippen molar-refractivity contribution in [2.24, 2.45) is 5.73 Å². The van der Waals surface area contributed by atoms with E-state index in [-0.39, 0.29) is 11.6 Å². The maximum absolute atomic E-state index is 6.64. The second-order valence-corrected chi connectivity index (χ2v) is 11.0. The highest BCUT2D eigenvalue weighted by Gasteiger charge is 2.35. The van der Waals surface area contributed by atoms with Crippen molar-refractivity contribution in [3.63, 3.8) is 0 Å². The van der Waals surface area contributed by atoms with Crippen LogP contribution in [0.3, 0.4) is 0 Å². The zero-order valence-corrected chi connectivity index (χ0v) is 21.6. The monoisotopic (exact) mass is 492 g/mol. The SMILES string of the molecule is CC1(Cl)C=C(Cl)C(c2nc3c(cc2-c2ccc(Cl)cc2)C(N)CC(C)(C)O3)=CC1.CCC. The Morgan fingerprint density at radius 3 is 2.34 bits per heavy atom. The summed E-state index contributed by atoms with van der Waals surface area (Å²) in [7, 11) is 0. The molecule has 1 aliphatic heterocycles. The minimum atomic E-state index is -0.504. The smallest absolute Gasteiger partial charge is 0.219 e. The molecule has 4 rings (SSSR count). The first-order valence-electron chi connectivity index (χ1n) is 11.0. The van der Waals surface area contributed by atoms with E-state index in [9.17, 15) is 0 Å². The van der Waals surface area contributed by atoms with Gasteiger partial charge < -0.3 is 10.5 Å². The molecule has 2 aliphatic rings. The number of hydrogen-bond acceptors (Lipinski definition) is 3. The zero-order chi connectivity index (χ0) is 23.7.